The van der Waals surface area contributed by atoms with Crippen molar-refractivity contribution >= 4 is 17.9 Å². The van der Waals surface area contributed by atoms with Crippen LogP contribution in [0.25, 0.3) is 0 Å². The minimum atomic E-state index is -1.14. The van der Waals surface area contributed by atoms with Crippen molar-refractivity contribution in [1.29, 1.82) is 0 Å². The molecule has 0 bridgehead atoms. The molecule has 0 saturated carbocycles. The van der Waals surface area contributed by atoms with E-state index >= 15 is 0 Å². The van der Waals surface area contributed by atoms with E-state index in [-0.39, 0.29) is 19.0 Å². The molecule has 18 heavy (non-hydrogen) atoms. The summed E-state index contributed by atoms with van der Waals surface area (Å²) >= 11 is 0. The fourth-order valence-corrected chi connectivity index (χ4v) is 1.56. The third-order valence-electron chi connectivity index (χ3n) is 2.50. The molecule has 7 nitrogen and oxygen atoms in total. The maximum atomic E-state index is 11.7. The van der Waals surface area contributed by atoms with Gasteiger partial charge in [0, 0.05) is 19.5 Å². The molecule has 98 valence electrons. The van der Waals surface area contributed by atoms with Crippen LogP contribution < -0.4 is 10.6 Å². The van der Waals surface area contributed by atoms with Crippen molar-refractivity contribution in [3.05, 3.63) is 0 Å². The van der Waals surface area contributed by atoms with E-state index in [0.29, 0.717) is 19.4 Å². The van der Waals surface area contributed by atoms with E-state index in [4.69, 9.17) is 11.5 Å². The Bertz CT molecular complexity index is 388. The Morgan fingerprint density at radius 3 is 2.94 bits per heavy atom. The molecule has 3 amide bonds. The lowest BCUT2D eigenvalue weighted by Crippen LogP contribution is -2.61. The number of aliphatic carboxylic acids is 1. The summed E-state index contributed by atoms with van der Waals surface area (Å²) in [6.07, 6.45) is 6.21. The molecular formula is C11H15N3O4. The van der Waals surface area contributed by atoms with Gasteiger partial charge in [0.15, 0.2) is 0 Å². The number of hydrogen-bond donors (Lipinski definition) is 3. The third-order valence-corrected chi connectivity index (χ3v) is 2.50. The number of amides is 3. The SMILES string of the molecule is C#CCCCNC(=O)N1CC(=O)NCC1C(=O)O. The molecule has 7 heteroatoms. The highest BCUT2D eigenvalue weighted by Gasteiger charge is 2.34. The Labute approximate surface area is 105 Å². The summed E-state index contributed by atoms with van der Waals surface area (Å²) in [6.45, 7) is 0.0252. The van der Waals surface area contributed by atoms with Gasteiger partial charge < -0.3 is 15.7 Å². The van der Waals surface area contributed by atoms with Gasteiger partial charge in [0.1, 0.15) is 12.6 Å². The van der Waals surface area contributed by atoms with Crippen LogP contribution in [-0.4, -0.2) is 53.6 Å². The van der Waals surface area contributed by atoms with Gasteiger partial charge in [0.2, 0.25) is 5.91 Å². The Balaban J connectivity index is 2.53. The molecule has 0 radical (unpaired) electrons. The van der Waals surface area contributed by atoms with Crippen molar-refractivity contribution in [2.75, 3.05) is 19.6 Å². The van der Waals surface area contributed by atoms with Crippen LogP contribution in [0.5, 0.6) is 0 Å². The van der Waals surface area contributed by atoms with Crippen LogP contribution in [0.1, 0.15) is 12.8 Å². The van der Waals surface area contributed by atoms with Gasteiger partial charge >= 0.3 is 12.0 Å². The van der Waals surface area contributed by atoms with E-state index < -0.39 is 18.0 Å². The minimum absolute atomic E-state index is 0.0774. The van der Waals surface area contributed by atoms with E-state index in [1.807, 2.05) is 0 Å². The largest absolute Gasteiger partial charge is 0.480 e. The molecule has 0 aromatic rings. The van der Waals surface area contributed by atoms with Gasteiger partial charge in [-0.15, -0.1) is 12.3 Å². The number of carbonyl (C=O) groups excluding carboxylic acids is 2. The lowest BCUT2D eigenvalue weighted by Gasteiger charge is -2.32. The molecule has 0 aromatic carbocycles. The zero-order valence-electron chi connectivity index (χ0n) is 9.81. The molecule has 1 unspecified atom stereocenters. The van der Waals surface area contributed by atoms with Crippen LogP contribution in [-0.2, 0) is 9.59 Å². The maximum Gasteiger partial charge on any atom is 0.328 e. The second-order valence-electron chi connectivity index (χ2n) is 3.83. The fourth-order valence-electron chi connectivity index (χ4n) is 1.56. The van der Waals surface area contributed by atoms with Gasteiger partial charge in [0.25, 0.3) is 0 Å². The van der Waals surface area contributed by atoms with Crippen molar-refractivity contribution < 1.29 is 19.5 Å². The summed E-state index contributed by atoms with van der Waals surface area (Å²) in [5.74, 6) is 0.918. The van der Waals surface area contributed by atoms with Crippen LogP contribution >= 0.6 is 0 Å². The third kappa shape index (κ3) is 3.66. The van der Waals surface area contributed by atoms with Gasteiger partial charge in [0.05, 0.1) is 0 Å². The summed E-state index contributed by atoms with van der Waals surface area (Å²) < 4.78 is 0. The first-order valence-corrected chi connectivity index (χ1v) is 5.53. The van der Waals surface area contributed by atoms with Crippen LogP contribution in [0.4, 0.5) is 4.79 Å². The molecule has 0 aromatic heterocycles. The summed E-state index contributed by atoms with van der Waals surface area (Å²) in [5, 5.41) is 13.9. The number of terminal acetylenes is 1. The molecule has 1 rings (SSSR count). The second-order valence-corrected chi connectivity index (χ2v) is 3.83. The molecule has 1 saturated heterocycles. The molecule has 0 aliphatic carbocycles. The highest BCUT2D eigenvalue weighted by molar-refractivity contribution is 5.90. The summed E-state index contributed by atoms with van der Waals surface area (Å²) in [6, 6.07) is -1.59. The molecule has 1 heterocycles. The van der Waals surface area contributed by atoms with Gasteiger partial charge in [-0.2, -0.15) is 0 Å². The van der Waals surface area contributed by atoms with Crippen molar-refractivity contribution in [2.24, 2.45) is 0 Å². The number of hydrogen-bond acceptors (Lipinski definition) is 3. The summed E-state index contributed by atoms with van der Waals surface area (Å²) in [5.41, 5.74) is 0. The number of rotatable bonds is 4. The number of unbranched alkanes of at least 4 members (excludes halogenated alkanes) is 1. The smallest absolute Gasteiger partial charge is 0.328 e. The van der Waals surface area contributed by atoms with E-state index in [2.05, 4.69) is 16.6 Å². The number of carboxylic acid groups (broad SMARTS) is 1. The number of nitrogens with one attached hydrogen (secondary N) is 2. The highest BCUT2D eigenvalue weighted by Crippen LogP contribution is 2.04. The molecule has 1 aliphatic heterocycles. The average molecular weight is 253 g/mol. The van der Waals surface area contributed by atoms with Gasteiger partial charge in [-0.25, -0.2) is 9.59 Å². The first kappa shape index (κ1) is 13.8. The number of urea groups is 1. The monoisotopic (exact) mass is 253 g/mol. The number of piperazine rings is 1. The molecule has 1 atom stereocenters. The maximum absolute atomic E-state index is 11.7. The Morgan fingerprint density at radius 2 is 2.33 bits per heavy atom. The highest BCUT2D eigenvalue weighted by atomic mass is 16.4. The molecule has 3 N–H and O–H groups in total. The van der Waals surface area contributed by atoms with Crippen LogP contribution in [0.3, 0.4) is 0 Å². The first-order chi connectivity index (χ1) is 8.56. The number of nitrogens with zero attached hydrogens (tertiary/aromatic N) is 1. The van der Waals surface area contributed by atoms with Crippen LogP contribution in [0, 0.1) is 12.3 Å². The molecule has 1 aliphatic rings. The van der Waals surface area contributed by atoms with Gasteiger partial charge in [-0.1, -0.05) is 0 Å². The topological polar surface area (TPSA) is 98.7 Å². The predicted molar refractivity (Wildman–Crippen MR) is 62.6 cm³/mol. The minimum Gasteiger partial charge on any atom is -0.480 e. The van der Waals surface area contributed by atoms with Crippen LogP contribution in [0.2, 0.25) is 0 Å². The van der Waals surface area contributed by atoms with E-state index in [9.17, 15) is 14.4 Å². The predicted octanol–water partition coefficient (Wildman–Crippen LogP) is -1.01. The lowest BCUT2D eigenvalue weighted by atomic mass is 10.2. The van der Waals surface area contributed by atoms with Crippen molar-refractivity contribution in [3.8, 4) is 12.3 Å². The second kappa shape index (κ2) is 6.49. The van der Waals surface area contributed by atoms with E-state index in [1.165, 1.54) is 0 Å². The van der Waals surface area contributed by atoms with Crippen LogP contribution in [0.15, 0.2) is 0 Å². The summed E-state index contributed by atoms with van der Waals surface area (Å²) in [7, 11) is 0. The molecular weight excluding hydrogens is 238 g/mol. The van der Waals surface area contributed by atoms with E-state index in [1.54, 1.807) is 0 Å². The summed E-state index contributed by atoms with van der Waals surface area (Å²) in [4.78, 5) is 34.9. The standard InChI is InChI=1S/C11H15N3O4/c1-2-3-4-5-12-11(18)14-7-9(15)13-6-8(14)10(16)17/h1,8H,3-7H2,(H,12,18)(H,13,15)(H,16,17). The lowest BCUT2D eigenvalue weighted by molar-refractivity contribution is -0.144. The van der Waals surface area contributed by atoms with Gasteiger partial charge in [-0.3, -0.25) is 9.69 Å². The zero-order chi connectivity index (χ0) is 13.5. The average Bonchev–Trinajstić information content (AvgIpc) is 2.34. The first-order valence-electron chi connectivity index (χ1n) is 5.53. The Morgan fingerprint density at radius 1 is 1.61 bits per heavy atom. The zero-order valence-corrected chi connectivity index (χ0v) is 9.81. The van der Waals surface area contributed by atoms with Gasteiger partial charge in [-0.05, 0) is 6.42 Å². The Kier molecular flexibility index (Phi) is 4.99. The molecule has 1 fully saturated rings. The van der Waals surface area contributed by atoms with Crippen molar-refractivity contribution in [3.63, 3.8) is 0 Å². The molecule has 0 spiro atoms. The Hall–Kier alpha value is -2.23. The van der Waals surface area contributed by atoms with Crippen molar-refractivity contribution in [1.82, 2.24) is 15.5 Å². The quantitative estimate of drug-likeness (QED) is 0.442. The fraction of sp³-hybridized carbons (Fsp3) is 0.545. The van der Waals surface area contributed by atoms with Crippen molar-refractivity contribution in [2.45, 2.75) is 18.9 Å². The number of carboxylic acids is 1. The number of carbonyl (C=O) groups is 3. The van der Waals surface area contributed by atoms with E-state index in [0.717, 1.165) is 4.90 Å². The normalized spacial score (nSPS) is 18.7.